The Morgan fingerprint density at radius 2 is 1.95 bits per heavy atom. The molecule has 0 aromatic heterocycles. The number of rotatable bonds is 7. The summed E-state index contributed by atoms with van der Waals surface area (Å²) in [7, 11) is 4.02. The first kappa shape index (κ1) is 17.0. The van der Waals surface area contributed by atoms with Crippen LogP contribution in [-0.4, -0.2) is 49.2 Å². The summed E-state index contributed by atoms with van der Waals surface area (Å²) in [5.74, 6) is -1.000. The quantitative estimate of drug-likeness (QED) is 0.673. The number of urea groups is 1. The van der Waals surface area contributed by atoms with Crippen LogP contribution in [0.15, 0.2) is 18.2 Å². The number of carboxylic acid groups (broad SMARTS) is 1. The summed E-state index contributed by atoms with van der Waals surface area (Å²) in [6, 6.07) is 4.50. The Morgan fingerprint density at radius 3 is 2.57 bits per heavy atom. The number of hydrogen-bond donors (Lipinski definition) is 3. The lowest BCUT2D eigenvalue weighted by atomic mass is 10.1. The van der Waals surface area contributed by atoms with Crippen molar-refractivity contribution in [1.82, 2.24) is 10.2 Å². The van der Waals surface area contributed by atoms with Gasteiger partial charge in [-0.25, -0.2) is 9.59 Å². The van der Waals surface area contributed by atoms with E-state index in [9.17, 15) is 9.59 Å². The fraction of sp³-hybridized carbons (Fsp3) is 0.467. The predicted molar refractivity (Wildman–Crippen MR) is 82.9 cm³/mol. The fourth-order valence-electron chi connectivity index (χ4n) is 1.92. The maximum Gasteiger partial charge on any atom is 0.336 e. The van der Waals surface area contributed by atoms with Gasteiger partial charge in [0.2, 0.25) is 0 Å². The van der Waals surface area contributed by atoms with Crippen LogP contribution in [0.3, 0.4) is 0 Å². The lowest BCUT2D eigenvalue weighted by Crippen LogP contribution is -2.30. The molecule has 0 unspecified atom stereocenters. The first-order chi connectivity index (χ1) is 9.91. The van der Waals surface area contributed by atoms with Crippen LogP contribution in [0.1, 0.15) is 28.8 Å². The minimum Gasteiger partial charge on any atom is -0.478 e. The number of carbonyl (C=O) groups is 2. The molecule has 21 heavy (non-hydrogen) atoms. The summed E-state index contributed by atoms with van der Waals surface area (Å²) in [6.45, 7) is 3.26. The van der Waals surface area contributed by atoms with Crippen molar-refractivity contribution >= 4 is 17.7 Å². The SMILES string of the molecule is Cc1c(NC(=O)NCCCCN(C)C)cccc1C(=O)O. The summed E-state index contributed by atoms with van der Waals surface area (Å²) >= 11 is 0. The highest BCUT2D eigenvalue weighted by Gasteiger charge is 2.11. The molecule has 6 heteroatoms. The van der Waals surface area contributed by atoms with Gasteiger partial charge >= 0.3 is 12.0 Å². The van der Waals surface area contributed by atoms with Gasteiger partial charge in [0.15, 0.2) is 0 Å². The second kappa shape index (κ2) is 8.26. The molecule has 1 rings (SSSR count). The Kier molecular flexibility index (Phi) is 6.68. The standard InChI is InChI=1S/C15H23N3O3/c1-11-12(14(19)20)7-6-8-13(11)17-15(21)16-9-4-5-10-18(2)3/h6-8H,4-5,9-10H2,1-3H3,(H,19,20)(H2,16,17,21). The molecule has 0 aliphatic heterocycles. The highest BCUT2D eigenvalue weighted by Crippen LogP contribution is 2.18. The van der Waals surface area contributed by atoms with Gasteiger partial charge in [-0.3, -0.25) is 0 Å². The maximum absolute atomic E-state index is 11.8. The van der Waals surface area contributed by atoms with Crippen LogP contribution >= 0.6 is 0 Å². The molecular weight excluding hydrogens is 270 g/mol. The smallest absolute Gasteiger partial charge is 0.336 e. The molecule has 0 fully saturated rings. The van der Waals surface area contributed by atoms with E-state index in [1.165, 1.54) is 6.07 Å². The van der Waals surface area contributed by atoms with Crippen molar-refractivity contribution in [1.29, 1.82) is 0 Å². The van der Waals surface area contributed by atoms with Crippen molar-refractivity contribution in [2.24, 2.45) is 0 Å². The molecule has 0 bridgehead atoms. The molecule has 1 aromatic carbocycles. The molecule has 2 amide bonds. The van der Waals surface area contributed by atoms with Crippen molar-refractivity contribution < 1.29 is 14.7 Å². The Hall–Kier alpha value is -2.08. The van der Waals surface area contributed by atoms with Crippen LogP contribution < -0.4 is 10.6 Å². The van der Waals surface area contributed by atoms with Crippen molar-refractivity contribution in [3.8, 4) is 0 Å². The van der Waals surface area contributed by atoms with Crippen molar-refractivity contribution in [3.63, 3.8) is 0 Å². The minimum atomic E-state index is -1.000. The summed E-state index contributed by atoms with van der Waals surface area (Å²) in [5, 5.41) is 14.5. The molecule has 3 N–H and O–H groups in total. The van der Waals surface area contributed by atoms with Crippen LogP contribution in [-0.2, 0) is 0 Å². The second-order valence-electron chi connectivity index (χ2n) is 5.17. The van der Waals surface area contributed by atoms with E-state index in [0.717, 1.165) is 19.4 Å². The van der Waals surface area contributed by atoms with E-state index in [1.807, 2.05) is 14.1 Å². The summed E-state index contributed by atoms with van der Waals surface area (Å²) in [4.78, 5) is 24.9. The molecule has 0 saturated carbocycles. The minimum absolute atomic E-state index is 0.193. The third-order valence-electron chi connectivity index (χ3n) is 3.13. The molecule has 116 valence electrons. The third-order valence-corrected chi connectivity index (χ3v) is 3.13. The highest BCUT2D eigenvalue weighted by molar-refractivity contribution is 5.95. The largest absolute Gasteiger partial charge is 0.478 e. The first-order valence-electron chi connectivity index (χ1n) is 6.94. The van der Waals surface area contributed by atoms with Crippen LogP contribution in [0.5, 0.6) is 0 Å². The van der Waals surface area contributed by atoms with Gasteiger partial charge in [0.05, 0.1) is 5.56 Å². The van der Waals surface area contributed by atoms with Gasteiger partial charge in [-0.1, -0.05) is 6.07 Å². The van der Waals surface area contributed by atoms with Gasteiger partial charge in [0.25, 0.3) is 0 Å². The molecule has 0 radical (unpaired) electrons. The number of carboxylic acids is 1. The Balaban J connectivity index is 2.45. The topological polar surface area (TPSA) is 81.7 Å². The maximum atomic E-state index is 11.8. The number of unbranched alkanes of at least 4 members (excludes halogenated alkanes) is 1. The van der Waals surface area contributed by atoms with E-state index >= 15 is 0 Å². The number of hydrogen-bond acceptors (Lipinski definition) is 3. The van der Waals surface area contributed by atoms with Gasteiger partial charge in [-0.2, -0.15) is 0 Å². The van der Waals surface area contributed by atoms with E-state index in [1.54, 1.807) is 19.1 Å². The fourth-order valence-corrected chi connectivity index (χ4v) is 1.92. The van der Waals surface area contributed by atoms with Gasteiger partial charge in [0.1, 0.15) is 0 Å². The number of carbonyl (C=O) groups excluding carboxylic acids is 1. The summed E-state index contributed by atoms with van der Waals surface area (Å²) in [5.41, 5.74) is 1.26. The zero-order chi connectivity index (χ0) is 15.8. The predicted octanol–water partition coefficient (Wildman–Crippen LogP) is 2.16. The van der Waals surface area contributed by atoms with Crippen molar-refractivity contribution in [3.05, 3.63) is 29.3 Å². The number of amides is 2. The molecule has 0 saturated heterocycles. The van der Waals surface area contributed by atoms with Crippen LogP contribution in [0.2, 0.25) is 0 Å². The number of nitrogens with one attached hydrogen (secondary N) is 2. The average Bonchev–Trinajstić information content (AvgIpc) is 2.40. The highest BCUT2D eigenvalue weighted by atomic mass is 16.4. The van der Waals surface area contributed by atoms with E-state index < -0.39 is 5.97 Å². The van der Waals surface area contributed by atoms with E-state index in [0.29, 0.717) is 17.8 Å². The first-order valence-corrected chi connectivity index (χ1v) is 6.94. The van der Waals surface area contributed by atoms with Gasteiger partial charge in [0, 0.05) is 12.2 Å². The number of nitrogens with zero attached hydrogens (tertiary/aromatic N) is 1. The van der Waals surface area contributed by atoms with Crippen LogP contribution in [0.25, 0.3) is 0 Å². The summed E-state index contributed by atoms with van der Waals surface area (Å²) < 4.78 is 0. The van der Waals surface area contributed by atoms with Crippen molar-refractivity contribution in [2.45, 2.75) is 19.8 Å². The number of benzene rings is 1. The molecule has 6 nitrogen and oxygen atoms in total. The van der Waals surface area contributed by atoms with E-state index in [4.69, 9.17) is 5.11 Å². The molecular formula is C15H23N3O3. The van der Waals surface area contributed by atoms with E-state index in [-0.39, 0.29) is 11.6 Å². The Morgan fingerprint density at radius 1 is 1.24 bits per heavy atom. The van der Waals surface area contributed by atoms with Crippen LogP contribution in [0.4, 0.5) is 10.5 Å². The third kappa shape index (κ3) is 5.83. The number of aromatic carboxylic acids is 1. The van der Waals surface area contributed by atoms with Gasteiger partial charge < -0.3 is 20.6 Å². The lowest BCUT2D eigenvalue weighted by molar-refractivity contribution is 0.0696. The zero-order valence-corrected chi connectivity index (χ0v) is 12.8. The Labute approximate surface area is 125 Å². The average molecular weight is 293 g/mol. The molecule has 0 spiro atoms. The van der Waals surface area contributed by atoms with Crippen molar-refractivity contribution in [2.75, 3.05) is 32.5 Å². The lowest BCUT2D eigenvalue weighted by Gasteiger charge is -2.12. The number of anilines is 1. The van der Waals surface area contributed by atoms with Gasteiger partial charge in [-0.05, 0) is 58.1 Å². The Bertz CT molecular complexity index is 501. The molecule has 0 atom stereocenters. The molecule has 1 aromatic rings. The molecule has 0 aliphatic rings. The molecule has 0 heterocycles. The second-order valence-corrected chi connectivity index (χ2v) is 5.17. The zero-order valence-electron chi connectivity index (χ0n) is 12.8. The van der Waals surface area contributed by atoms with E-state index in [2.05, 4.69) is 15.5 Å². The van der Waals surface area contributed by atoms with Crippen LogP contribution in [0, 0.1) is 6.92 Å². The summed E-state index contributed by atoms with van der Waals surface area (Å²) in [6.07, 6.45) is 1.92. The normalized spacial score (nSPS) is 10.5. The van der Waals surface area contributed by atoms with Gasteiger partial charge in [-0.15, -0.1) is 0 Å². The molecule has 0 aliphatic carbocycles. The monoisotopic (exact) mass is 293 g/mol.